The summed E-state index contributed by atoms with van der Waals surface area (Å²) in [7, 11) is 0. The number of amides is 1. The van der Waals surface area contributed by atoms with Gasteiger partial charge in [0.05, 0.1) is 4.92 Å². The van der Waals surface area contributed by atoms with Crippen LogP contribution in [-0.4, -0.2) is 60.0 Å². The lowest BCUT2D eigenvalue weighted by molar-refractivity contribution is -0.385. The molecule has 0 unspecified atom stereocenters. The van der Waals surface area contributed by atoms with Crippen LogP contribution in [0.5, 0.6) is 5.75 Å². The van der Waals surface area contributed by atoms with Gasteiger partial charge in [-0.2, -0.15) is 0 Å². The fourth-order valence-corrected chi connectivity index (χ4v) is 3.77. The smallest absolute Gasteiger partial charge is 0.310 e. The number of nitro benzene ring substituents is 1. The van der Waals surface area contributed by atoms with E-state index in [2.05, 4.69) is 4.90 Å². The summed E-state index contributed by atoms with van der Waals surface area (Å²) in [5.41, 5.74) is 0.00614. The van der Waals surface area contributed by atoms with E-state index in [0.29, 0.717) is 30.6 Å². The Morgan fingerprint density at radius 2 is 1.85 bits per heavy atom. The molecule has 3 rings (SSSR count). The van der Waals surface area contributed by atoms with Crippen LogP contribution in [0.25, 0.3) is 0 Å². The number of nitro groups is 1. The van der Waals surface area contributed by atoms with Crippen LogP contribution < -0.4 is 4.74 Å². The van der Waals surface area contributed by atoms with E-state index in [1.54, 1.807) is 18.2 Å². The summed E-state index contributed by atoms with van der Waals surface area (Å²) >= 11 is 0. The third-order valence-corrected chi connectivity index (χ3v) is 5.36. The molecule has 2 saturated heterocycles. The van der Waals surface area contributed by atoms with Gasteiger partial charge in [0.1, 0.15) is 6.61 Å². The molecule has 142 valence electrons. The Morgan fingerprint density at radius 3 is 2.54 bits per heavy atom. The van der Waals surface area contributed by atoms with Crippen molar-refractivity contribution in [1.29, 1.82) is 0 Å². The number of para-hydroxylation sites is 2. The van der Waals surface area contributed by atoms with Crippen molar-refractivity contribution >= 4 is 11.6 Å². The standard InChI is InChI=1S/C19H27N3O4/c23-19(21-9-3-4-10-21)15-16-7-11-20(12-8-16)13-14-26-18-6-2-1-5-17(18)22(24)25/h1-2,5-6,16H,3-4,7-15H2. The molecule has 2 aliphatic rings. The number of ether oxygens (including phenoxy) is 1. The number of hydrogen-bond donors (Lipinski definition) is 0. The Bertz CT molecular complexity index is 623. The SMILES string of the molecule is O=C(CC1CCN(CCOc2ccccc2[N+](=O)[O-])CC1)N1CCCC1. The van der Waals surface area contributed by atoms with Crippen molar-refractivity contribution in [1.82, 2.24) is 9.80 Å². The molecule has 2 heterocycles. The molecular formula is C19H27N3O4. The summed E-state index contributed by atoms with van der Waals surface area (Å²) in [6, 6.07) is 6.47. The van der Waals surface area contributed by atoms with Gasteiger partial charge in [0.25, 0.3) is 0 Å². The first-order valence-corrected chi connectivity index (χ1v) is 9.50. The first kappa shape index (κ1) is 18.6. The van der Waals surface area contributed by atoms with E-state index in [-0.39, 0.29) is 5.69 Å². The molecule has 0 spiro atoms. The van der Waals surface area contributed by atoms with Crippen LogP contribution in [-0.2, 0) is 4.79 Å². The first-order valence-electron chi connectivity index (χ1n) is 9.50. The third kappa shape index (κ3) is 4.94. The minimum atomic E-state index is -0.418. The maximum Gasteiger partial charge on any atom is 0.310 e. The van der Waals surface area contributed by atoms with Gasteiger partial charge in [0.15, 0.2) is 5.75 Å². The molecule has 2 fully saturated rings. The Morgan fingerprint density at radius 1 is 1.15 bits per heavy atom. The minimum Gasteiger partial charge on any atom is -0.485 e. The highest BCUT2D eigenvalue weighted by Crippen LogP contribution is 2.26. The molecule has 2 aliphatic heterocycles. The maximum absolute atomic E-state index is 12.2. The van der Waals surface area contributed by atoms with Crippen molar-refractivity contribution in [3.8, 4) is 5.75 Å². The van der Waals surface area contributed by atoms with Crippen LogP contribution in [0, 0.1) is 16.0 Å². The summed E-state index contributed by atoms with van der Waals surface area (Å²) < 4.78 is 5.62. The van der Waals surface area contributed by atoms with Crippen LogP contribution in [0.4, 0.5) is 5.69 Å². The molecule has 1 aromatic rings. The lowest BCUT2D eigenvalue weighted by Gasteiger charge is -2.32. The summed E-state index contributed by atoms with van der Waals surface area (Å²) in [5.74, 6) is 1.12. The van der Waals surface area contributed by atoms with Crippen LogP contribution in [0.2, 0.25) is 0 Å². The Balaban J connectivity index is 1.37. The highest BCUT2D eigenvalue weighted by Gasteiger charge is 2.25. The number of likely N-dealkylation sites (tertiary alicyclic amines) is 2. The Kier molecular flexibility index (Phi) is 6.44. The number of piperidine rings is 1. The van der Waals surface area contributed by atoms with E-state index < -0.39 is 4.92 Å². The fraction of sp³-hybridized carbons (Fsp3) is 0.632. The number of hydrogen-bond acceptors (Lipinski definition) is 5. The molecule has 0 saturated carbocycles. The lowest BCUT2D eigenvalue weighted by atomic mass is 9.93. The van der Waals surface area contributed by atoms with Gasteiger partial charge < -0.3 is 9.64 Å². The van der Waals surface area contributed by atoms with Gasteiger partial charge in [-0.05, 0) is 50.8 Å². The Labute approximate surface area is 154 Å². The summed E-state index contributed by atoms with van der Waals surface area (Å²) in [4.78, 5) is 27.1. The van der Waals surface area contributed by atoms with Crippen LogP contribution in [0.3, 0.4) is 0 Å². The van der Waals surface area contributed by atoms with Crippen molar-refractivity contribution in [2.75, 3.05) is 39.3 Å². The van der Waals surface area contributed by atoms with E-state index >= 15 is 0 Å². The van der Waals surface area contributed by atoms with E-state index in [9.17, 15) is 14.9 Å². The zero-order valence-electron chi connectivity index (χ0n) is 15.1. The van der Waals surface area contributed by atoms with Gasteiger partial charge in [-0.25, -0.2) is 0 Å². The van der Waals surface area contributed by atoms with Crippen molar-refractivity contribution < 1.29 is 14.5 Å². The molecule has 0 radical (unpaired) electrons. The van der Waals surface area contributed by atoms with Gasteiger partial charge in [-0.15, -0.1) is 0 Å². The molecule has 7 nitrogen and oxygen atoms in total. The average Bonchev–Trinajstić information content (AvgIpc) is 3.18. The second-order valence-electron chi connectivity index (χ2n) is 7.15. The lowest BCUT2D eigenvalue weighted by Crippen LogP contribution is -2.38. The van der Waals surface area contributed by atoms with Gasteiger partial charge in [-0.3, -0.25) is 19.8 Å². The fourth-order valence-electron chi connectivity index (χ4n) is 3.77. The van der Waals surface area contributed by atoms with Gasteiger partial charge in [0.2, 0.25) is 5.91 Å². The summed E-state index contributed by atoms with van der Waals surface area (Å²) in [5, 5.41) is 11.0. The second kappa shape index (κ2) is 8.98. The van der Waals surface area contributed by atoms with Gasteiger partial charge >= 0.3 is 5.69 Å². The summed E-state index contributed by atoms with van der Waals surface area (Å²) in [6.07, 6.45) is 5.03. The topological polar surface area (TPSA) is 75.9 Å². The predicted molar refractivity (Wildman–Crippen MR) is 98.2 cm³/mol. The molecule has 26 heavy (non-hydrogen) atoms. The van der Waals surface area contributed by atoms with Gasteiger partial charge in [-0.1, -0.05) is 12.1 Å². The Hall–Kier alpha value is -2.15. The third-order valence-electron chi connectivity index (χ3n) is 5.36. The highest BCUT2D eigenvalue weighted by molar-refractivity contribution is 5.76. The summed E-state index contributed by atoms with van der Waals surface area (Å²) in [6.45, 7) is 4.96. The zero-order chi connectivity index (χ0) is 18.4. The maximum atomic E-state index is 12.2. The van der Waals surface area contributed by atoms with Crippen molar-refractivity contribution in [3.63, 3.8) is 0 Å². The van der Waals surface area contributed by atoms with Gasteiger partial charge in [0, 0.05) is 32.1 Å². The normalized spacial score (nSPS) is 18.8. The molecule has 7 heteroatoms. The van der Waals surface area contributed by atoms with Crippen molar-refractivity contribution in [2.45, 2.75) is 32.1 Å². The van der Waals surface area contributed by atoms with E-state index in [1.165, 1.54) is 6.07 Å². The van der Waals surface area contributed by atoms with Crippen LogP contribution in [0.1, 0.15) is 32.1 Å². The van der Waals surface area contributed by atoms with E-state index in [0.717, 1.165) is 58.4 Å². The molecule has 0 aromatic heterocycles. The van der Waals surface area contributed by atoms with E-state index in [4.69, 9.17) is 4.74 Å². The number of benzene rings is 1. The molecule has 1 aromatic carbocycles. The monoisotopic (exact) mass is 361 g/mol. The largest absolute Gasteiger partial charge is 0.485 e. The minimum absolute atomic E-state index is 0.00614. The molecule has 0 atom stereocenters. The number of nitrogens with zero attached hydrogens (tertiary/aromatic N) is 3. The number of carbonyl (C=O) groups excluding carboxylic acids is 1. The first-order chi connectivity index (χ1) is 12.6. The van der Waals surface area contributed by atoms with Crippen LogP contribution in [0.15, 0.2) is 24.3 Å². The van der Waals surface area contributed by atoms with Crippen LogP contribution >= 0.6 is 0 Å². The van der Waals surface area contributed by atoms with Crippen molar-refractivity contribution in [3.05, 3.63) is 34.4 Å². The van der Waals surface area contributed by atoms with Crippen molar-refractivity contribution in [2.24, 2.45) is 5.92 Å². The quantitative estimate of drug-likeness (QED) is 0.551. The molecule has 1 amide bonds. The zero-order valence-corrected chi connectivity index (χ0v) is 15.1. The molecule has 0 aliphatic carbocycles. The molecular weight excluding hydrogens is 334 g/mol. The predicted octanol–water partition coefficient (Wildman–Crippen LogP) is 2.70. The van der Waals surface area contributed by atoms with E-state index in [1.807, 2.05) is 4.90 Å². The molecule has 0 bridgehead atoms. The average molecular weight is 361 g/mol. The number of carbonyl (C=O) groups is 1. The molecule has 0 N–H and O–H groups in total. The number of rotatable bonds is 7. The second-order valence-corrected chi connectivity index (χ2v) is 7.15. The highest BCUT2D eigenvalue weighted by atomic mass is 16.6.